The van der Waals surface area contributed by atoms with Crippen molar-refractivity contribution in [3.8, 4) is 0 Å². The smallest absolute Gasteiger partial charge is 0.303 e. The van der Waals surface area contributed by atoms with E-state index in [1.165, 1.54) is 17.7 Å². The molecule has 1 atom stereocenters. The van der Waals surface area contributed by atoms with Gasteiger partial charge in [-0.2, -0.15) is 0 Å². The lowest BCUT2D eigenvalue weighted by molar-refractivity contribution is -0.145. The van der Waals surface area contributed by atoms with Crippen LogP contribution in [0.2, 0.25) is 0 Å². The summed E-state index contributed by atoms with van der Waals surface area (Å²) in [7, 11) is 0. The fraction of sp³-hybridized carbons (Fsp3) is 0.786. The lowest BCUT2D eigenvalue weighted by atomic mass is 10.0. The molecular formula is C14H21N3O3. The number of nitrogens with one attached hydrogen (secondary N) is 1. The molecule has 2 aliphatic heterocycles. The molecule has 0 aromatic heterocycles. The third-order valence-corrected chi connectivity index (χ3v) is 4.57. The molecule has 0 radical (unpaired) electrons. The summed E-state index contributed by atoms with van der Waals surface area (Å²) < 4.78 is 0. The Morgan fingerprint density at radius 1 is 1.15 bits per heavy atom. The lowest BCUT2D eigenvalue weighted by Gasteiger charge is -2.32. The number of nitrogens with zero attached hydrogens (tertiary/aromatic N) is 2. The number of hydrogen-bond acceptors (Lipinski definition) is 4. The number of carbonyl (C=O) groups excluding carboxylic acids is 3. The molecule has 1 N–H and O–H groups in total. The highest BCUT2D eigenvalue weighted by molar-refractivity contribution is 6.20. The molecule has 4 amide bonds. The Labute approximate surface area is 118 Å². The van der Waals surface area contributed by atoms with Crippen LogP contribution in [0.1, 0.15) is 32.6 Å². The van der Waals surface area contributed by atoms with E-state index in [0.29, 0.717) is 19.4 Å². The minimum atomic E-state index is -0.915. The van der Waals surface area contributed by atoms with Gasteiger partial charge in [0, 0.05) is 13.1 Å². The summed E-state index contributed by atoms with van der Waals surface area (Å²) in [6.07, 6.45) is 3.60. The van der Waals surface area contributed by atoms with Crippen LogP contribution in [-0.2, 0) is 9.59 Å². The van der Waals surface area contributed by atoms with Gasteiger partial charge in [-0.15, -0.1) is 0 Å². The first kappa shape index (κ1) is 13.5. The van der Waals surface area contributed by atoms with Crippen molar-refractivity contribution in [3.63, 3.8) is 0 Å². The predicted molar refractivity (Wildman–Crippen MR) is 71.8 cm³/mol. The third kappa shape index (κ3) is 2.22. The minimum Gasteiger partial charge on any atom is -0.303 e. The summed E-state index contributed by atoms with van der Waals surface area (Å²) >= 11 is 0. The summed E-state index contributed by atoms with van der Waals surface area (Å²) in [6, 6.07) is -0.550. The third-order valence-electron chi connectivity index (χ3n) is 4.57. The molecular weight excluding hydrogens is 258 g/mol. The van der Waals surface area contributed by atoms with Crippen LogP contribution in [0, 0.1) is 11.3 Å². The Hall–Kier alpha value is -1.43. The molecule has 0 aromatic rings. The Bertz CT molecular complexity index is 453. The molecule has 3 aliphatic rings. The van der Waals surface area contributed by atoms with E-state index in [4.69, 9.17) is 0 Å². The maximum Gasteiger partial charge on any atom is 0.330 e. The van der Waals surface area contributed by atoms with Crippen molar-refractivity contribution >= 4 is 17.8 Å². The van der Waals surface area contributed by atoms with Gasteiger partial charge in [-0.1, -0.05) is 6.92 Å². The van der Waals surface area contributed by atoms with Crippen LogP contribution in [0.5, 0.6) is 0 Å². The summed E-state index contributed by atoms with van der Waals surface area (Å²) in [5.41, 5.74) is -0.915. The monoisotopic (exact) mass is 279 g/mol. The number of imide groups is 2. The highest BCUT2D eigenvalue weighted by Gasteiger charge is 2.62. The van der Waals surface area contributed by atoms with E-state index in [2.05, 4.69) is 17.1 Å². The van der Waals surface area contributed by atoms with Gasteiger partial charge in [-0.3, -0.25) is 19.8 Å². The second kappa shape index (κ2) is 4.84. The largest absolute Gasteiger partial charge is 0.330 e. The van der Waals surface area contributed by atoms with Crippen molar-refractivity contribution in [2.24, 2.45) is 11.3 Å². The highest BCUT2D eigenvalue weighted by Crippen LogP contribution is 2.49. The lowest BCUT2D eigenvalue weighted by Crippen LogP contribution is -2.60. The van der Waals surface area contributed by atoms with Gasteiger partial charge in [0.2, 0.25) is 11.8 Å². The zero-order valence-electron chi connectivity index (χ0n) is 11.9. The van der Waals surface area contributed by atoms with Gasteiger partial charge in [0.1, 0.15) is 5.41 Å². The number of urea groups is 1. The van der Waals surface area contributed by atoms with E-state index < -0.39 is 17.4 Å². The van der Waals surface area contributed by atoms with Crippen molar-refractivity contribution in [2.45, 2.75) is 32.6 Å². The van der Waals surface area contributed by atoms with Gasteiger partial charge < -0.3 is 4.90 Å². The quantitative estimate of drug-likeness (QED) is 0.764. The summed E-state index contributed by atoms with van der Waals surface area (Å²) in [5.74, 6) is -0.470. The zero-order valence-corrected chi connectivity index (χ0v) is 11.9. The molecule has 0 aromatic carbocycles. The van der Waals surface area contributed by atoms with Crippen molar-refractivity contribution in [3.05, 3.63) is 0 Å². The molecule has 1 aliphatic carbocycles. The van der Waals surface area contributed by atoms with E-state index in [0.717, 1.165) is 19.6 Å². The fourth-order valence-electron chi connectivity index (χ4n) is 3.24. The van der Waals surface area contributed by atoms with E-state index in [1.54, 1.807) is 0 Å². The maximum atomic E-state index is 12.3. The topological polar surface area (TPSA) is 69.7 Å². The number of hydrogen-bond donors (Lipinski definition) is 1. The van der Waals surface area contributed by atoms with Crippen LogP contribution in [0.4, 0.5) is 4.79 Å². The number of barbiturate groups is 1. The first-order valence-electron chi connectivity index (χ1n) is 7.43. The predicted octanol–water partition coefficient (Wildman–Crippen LogP) is 0.577. The Morgan fingerprint density at radius 3 is 2.40 bits per heavy atom. The van der Waals surface area contributed by atoms with Gasteiger partial charge in [-0.25, -0.2) is 4.79 Å². The van der Waals surface area contributed by atoms with Gasteiger partial charge in [0.25, 0.3) is 0 Å². The van der Waals surface area contributed by atoms with Gasteiger partial charge >= 0.3 is 6.03 Å². The number of rotatable bonds is 4. The van der Waals surface area contributed by atoms with E-state index in [1.807, 2.05) is 0 Å². The fourth-order valence-corrected chi connectivity index (χ4v) is 3.24. The van der Waals surface area contributed by atoms with Gasteiger partial charge in [0.15, 0.2) is 0 Å². The van der Waals surface area contributed by atoms with Crippen molar-refractivity contribution < 1.29 is 14.4 Å². The molecule has 20 heavy (non-hydrogen) atoms. The second-order valence-electron chi connectivity index (χ2n) is 6.37. The van der Waals surface area contributed by atoms with Crippen LogP contribution in [0.3, 0.4) is 0 Å². The Morgan fingerprint density at radius 2 is 1.80 bits per heavy atom. The first-order chi connectivity index (χ1) is 9.53. The van der Waals surface area contributed by atoms with Crippen molar-refractivity contribution in [1.29, 1.82) is 0 Å². The number of amides is 4. The molecule has 110 valence electrons. The first-order valence-corrected chi connectivity index (χ1v) is 7.43. The number of carbonyl (C=O) groups is 3. The molecule has 1 unspecified atom stereocenters. The normalized spacial score (nSPS) is 27.1. The Kier molecular flexibility index (Phi) is 3.28. The molecule has 3 fully saturated rings. The summed E-state index contributed by atoms with van der Waals surface area (Å²) in [5, 5.41) is 2.33. The van der Waals surface area contributed by atoms with Crippen LogP contribution in [0.25, 0.3) is 0 Å². The summed E-state index contributed by atoms with van der Waals surface area (Å²) in [6.45, 7) is 5.56. The molecule has 6 heteroatoms. The molecule has 1 spiro atoms. The van der Waals surface area contributed by atoms with Crippen molar-refractivity contribution in [1.82, 2.24) is 15.1 Å². The average Bonchev–Trinajstić information content (AvgIpc) is 3.06. The highest BCUT2D eigenvalue weighted by atomic mass is 16.2. The van der Waals surface area contributed by atoms with Crippen LogP contribution in [-0.4, -0.2) is 53.8 Å². The maximum absolute atomic E-state index is 12.3. The summed E-state index contributed by atoms with van der Waals surface area (Å²) in [4.78, 5) is 39.5. The van der Waals surface area contributed by atoms with Crippen LogP contribution < -0.4 is 5.32 Å². The van der Waals surface area contributed by atoms with Crippen molar-refractivity contribution in [2.75, 3.05) is 26.2 Å². The molecule has 3 rings (SSSR count). The van der Waals surface area contributed by atoms with E-state index in [9.17, 15) is 14.4 Å². The molecule has 6 nitrogen and oxygen atoms in total. The Balaban J connectivity index is 1.62. The molecule has 2 saturated heterocycles. The number of likely N-dealkylation sites (tertiary alicyclic amines) is 1. The van der Waals surface area contributed by atoms with E-state index in [-0.39, 0.29) is 11.8 Å². The van der Waals surface area contributed by atoms with Gasteiger partial charge in [0.05, 0.1) is 0 Å². The average molecular weight is 279 g/mol. The minimum absolute atomic E-state index is 0.229. The van der Waals surface area contributed by atoms with Gasteiger partial charge in [-0.05, 0) is 44.7 Å². The standard InChI is InChI=1S/C14H21N3O3/c1-10(8-16-6-2-3-7-16)9-17-12(19)14(4-5-14)11(18)15-13(17)20/h10H,2-9H2,1H3,(H,15,18,20). The SMILES string of the molecule is CC(CN1CCCC1)CN1C(=O)NC(=O)C2(CC2)C1=O. The van der Waals surface area contributed by atoms with Crippen LogP contribution >= 0.6 is 0 Å². The molecule has 2 heterocycles. The second-order valence-corrected chi connectivity index (χ2v) is 6.37. The van der Waals surface area contributed by atoms with E-state index >= 15 is 0 Å². The molecule has 1 saturated carbocycles. The van der Waals surface area contributed by atoms with Crippen LogP contribution in [0.15, 0.2) is 0 Å². The molecule has 0 bridgehead atoms. The zero-order chi connectivity index (χ0) is 14.3.